The number of likely N-dealkylation sites (tertiary alicyclic amines) is 1. The van der Waals surface area contributed by atoms with Crippen molar-refractivity contribution in [2.24, 2.45) is 17.8 Å². The van der Waals surface area contributed by atoms with Crippen molar-refractivity contribution in [3.63, 3.8) is 0 Å². The monoisotopic (exact) mass is 586 g/mol. The van der Waals surface area contributed by atoms with Crippen LogP contribution < -0.4 is 15.4 Å². The number of carbonyl (C=O) groups is 3. The molecule has 232 valence electrons. The van der Waals surface area contributed by atoms with Crippen LogP contribution in [0.3, 0.4) is 0 Å². The number of ether oxygens (including phenoxy) is 3. The molecule has 6 atom stereocenters. The number of nitrogens with one attached hydrogen (secondary N) is 2. The number of anilines is 1. The van der Waals surface area contributed by atoms with Gasteiger partial charge in [-0.15, -0.1) is 0 Å². The number of fused-ring (bicyclic) bond motifs is 1. The van der Waals surface area contributed by atoms with Gasteiger partial charge in [-0.2, -0.15) is 0 Å². The van der Waals surface area contributed by atoms with Gasteiger partial charge in [0.2, 0.25) is 17.7 Å². The van der Waals surface area contributed by atoms with Crippen LogP contribution in [0.15, 0.2) is 24.3 Å². The fourth-order valence-corrected chi connectivity index (χ4v) is 7.61. The number of nitrogens with zero attached hydrogens (tertiary/aromatic N) is 2. The molecule has 0 saturated carbocycles. The van der Waals surface area contributed by atoms with E-state index in [1.54, 1.807) is 29.2 Å². The van der Waals surface area contributed by atoms with Gasteiger partial charge in [-0.3, -0.25) is 19.3 Å². The van der Waals surface area contributed by atoms with E-state index in [4.69, 9.17) is 14.2 Å². The summed E-state index contributed by atoms with van der Waals surface area (Å²) in [5, 5.41) is 16.5. The van der Waals surface area contributed by atoms with E-state index >= 15 is 0 Å². The van der Waals surface area contributed by atoms with E-state index in [1.807, 2.05) is 27.7 Å². The van der Waals surface area contributed by atoms with E-state index in [0.29, 0.717) is 63.6 Å². The Morgan fingerprint density at radius 3 is 2.45 bits per heavy atom. The van der Waals surface area contributed by atoms with Gasteiger partial charge >= 0.3 is 0 Å². The highest BCUT2D eigenvalue weighted by Gasteiger charge is 2.79. The minimum Gasteiger partial charge on any atom is -0.494 e. The number of hydrogen-bond donors (Lipinski definition) is 3. The van der Waals surface area contributed by atoms with Crippen molar-refractivity contribution in [2.45, 2.75) is 70.2 Å². The lowest BCUT2D eigenvalue weighted by Gasteiger charge is -2.39. The molecule has 1 aromatic rings. The van der Waals surface area contributed by atoms with Crippen LogP contribution in [0.25, 0.3) is 0 Å². The Hall–Kier alpha value is -2.73. The maximum absolute atomic E-state index is 14.4. The van der Waals surface area contributed by atoms with Gasteiger partial charge < -0.3 is 34.9 Å². The molecule has 5 rings (SSSR count). The molecule has 4 heterocycles. The standard InChI is InChI=1S/C31H46N4O7/c1-5-30-11-12-31(42-30)25(24(30)27(37)33-21-7-9-22(10-8-21)41-6-2)29(39)35(23(19-36)20(3)4)26(31)28(38)32-13-14-34-15-17-40-18-16-34/h7-10,20,23-26,36H,5-6,11-19H2,1-4H3,(H,32,38)(H,33,37)/t23-,24+,25-,26?,30-,31?/m0/s1. The third-order valence-electron chi connectivity index (χ3n) is 9.73. The van der Waals surface area contributed by atoms with Crippen LogP contribution in [-0.4, -0.2) is 109 Å². The van der Waals surface area contributed by atoms with E-state index in [9.17, 15) is 19.5 Å². The van der Waals surface area contributed by atoms with Gasteiger partial charge in [0.15, 0.2) is 0 Å². The molecule has 4 aliphatic rings. The number of aliphatic hydroxyl groups is 1. The molecule has 4 fully saturated rings. The third-order valence-corrected chi connectivity index (χ3v) is 9.73. The van der Waals surface area contributed by atoms with Crippen LogP contribution in [0, 0.1) is 17.8 Å². The Balaban J connectivity index is 1.43. The lowest BCUT2D eigenvalue weighted by atomic mass is 9.65. The second-order valence-corrected chi connectivity index (χ2v) is 12.3. The first kappa shape index (κ1) is 30.7. The number of carbonyl (C=O) groups excluding carboxylic acids is 3. The fraction of sp³-hybridized carbons (Fsp3) is 0.710. The zero-order valence-corrected chi connectivity index (χ0v) is 25.3. The maximum atomic E-state index is 14.4. The lowest BCUT2D eigenvalue weighted by Crippen LogP contribution is -2.59. The Bertz CT molecular complexity index is 1140. The Morgan fingerprint density at radius 2 is 1.83 bits per heavy atom. The molecule has 11 heteroatoms. The maximum Gasteiger partial charge on any atom is 0.245 e. The average molecular weight is 587 g/mol. The average Bonchev–Trinajstić information content (AvgIpc) is 3.59. The summed E-state index contributed by atoms with van der Waals surface area (Å²) in [5.41, 5.74) is -1.39. The molecule has 2 bridgehead atoms. The molecular weight excluding hydrogens is 540 g/mol. The van der Waals surface area contributed by atoms with Gasteiger partial charge in [0.05, 0.1) is 49.9 Å². The molecule has 42 heavy (non-hydrogen) atoms. The zero-order chi connectivity index (χ0) is 30.1. The molecular formula is C31H46N4O7. The van der Waals surface area contributed by atoms with Crippen molar-refractivity contribution in [2.75, 3.05) is 57.9 Å². The molecule has 3 amide bonds. The largest absolute Gasteiger partial charge is 0.494 e. The van der Waals surface area contributed by atoms with E-state index in [1.165, 1.54) is 0 Å². The van der Waals surface area contributed by atoms with E-state index in [2.05, 4.69) is 15.5 Å². The SMILES string of the molecule is CCOc1ccc(NC(=O)[C@H]2[C@H]3C(=O)N([C@@H](CO)C(C)C)C(C(=O)NCCN4CCOCC4)C34CC[C@]2(CC)O4)cc1. The minimum absolute atomic E-state index is 0.105. The lowest BCUT2D eigenvalue weighted by molar-refractivity contribution is -0.151. The first-order valence-electron chi connectivity index (χ1n) is 15.5. The molecule has 1 spiro atoms. The molecule has 1 aromatic carbocycles. The molecule has 2 unspecified atom stereocenters. The van der Waals surface area contributed by atoms with Gasteiger partial charge in [-0.1, -0.05) is 20.8 Å². The van der Waals surface area contributed by atoms with Crippen LogP contribution in [-0.2, 0) is 23.9 Å². The molecule has 4 aliphatic heterocycles. The normalized spacial score (nSPS) is 31.3. The molecule has 0 aromatic heterocycles. The number of rotatable bonds is 12. The summed E-state index contributed by atoms with van der Waals surface area (Å²) in [7, 11) is 0. The highest BCUT2D eigenvalue weighted by molar-refractivity contribution is 6.02. The van der Waals surface area contributed by atoms with Gasteiger partial charge in [0, 0.05) is 31.9 Å². The molecule has 11 nitrogen and oxygen atoms in total. The van der Waals surface area contributed by atoms with Crippen molar-refractivity contribution in [3.05, 3.63) is 24.3 Å². The number of aliphatic hydroxyl groups excluding tert-OH is 1. The van der Waals surface area contributed by atoms with E-state index < -0.39 is 35.1 Å². The summed E-state index contributed by atoms with van der Waals surface area (Å²) in [6.45, 7) is 12.0. The van der Waals surface area contributed by atoms with Crippen LogP contribution in [0.5, 0.6) is 5.75 Å². The smallest absolute Gasteiger partial charge is 0.245 e. The first-order chi connectivity index (χ1) is 20.2. The molecule has 0 radical (unpaired) electrons. The van der Waals surface area contributed by atoms with Crippen LogP contribution in [0.1, 0.15) is 47.0 Å². The summed E-state index contributed by atoms with van der Waals surface area (Å²) in [4.78, 5) is 46.2. The first-order valence-corrected chi connectivity index (χ1v) is 15.5. The van der Waals surface area contributed by atoms with Gasteiger partial charge in [0.1, 0.15) is 17.4 Å². The summed E-state index contributed by atoms with van der Waals surface area (Å²) in [5.74, 6) is -1.87. The highest BCUT2D eigenvalue weighted by Crippen LogP contribution is 2.64. The van der Waals surface area contributed by atoms with Crippen molar-refractivity contribution in [1.82, 2.24) is 15.1 Å². The number of benzene rings is 1. The quantitative estimate of drug-likeness (QED) is 0.337. The van der Waals surface area contributed by atoms with E-state index in [-0.39, 0.29) is 30.2 Å². The van der Waals surface area contributed by atoms with Crippen molar-refractivity contribution >= 4 is 23.4 Å². The third kappa shape index (κ3) is 5.29. The predicted octanol–water partition coefficient (Wildman–Crippen LogP) is 1.64. The van der Waals surface area contributed by atoms with Crippen molar-refractivity contribution in [1.29, 1.82) is 0 Å². The summed E-state index contributed by atoms with van der Waals surface area (Å²) >= 11 is 0. The van der Waals surface area contributed by atoms with Crippen LogP contribution >= 0.6 is 0 Å². The van der Waals surface area contributed by atoms with Crippen LogP contribution in [0.2, 0.25) is 0 Å². The van der Waals surface area contributed by atoms with Gasteiger partial charge in [-0.05, 0) is 56.4 Å². The topological polar surface area (TPSA) is 130 Å². The van der Waals surface area contributed by atoms with Crippen molar-refractivity contribution < 1.29 is 33.7 Å². The summed E-state index contributed by atoms with van der Waals surface area (Å²) < 4.78 is 17.8. The summed E-state index contributed by atoms with van der Waals surface area (Å²) in [6, 6.07) is 5.63. The Labute approximate surface area is 248 Å². The Morgan fingerprint density at radius 1 is 1.12 bits per heavy atom. The van der Waals surface area contributed by atoms with Gasteiger partial charge in [0.25, 0.3) is 0 Å². The highest BCUT2D eigenvalue weighted by atomic mass is 16.5. The summed E-state index contributed by atoms with van der Waals surface area (Å²) in [6.07, 6.45) is 1.61. The molecule has 4 saturated heterocycles. The van der Waals surface area contributed by atoms with E-state index in [0.717, 1.165) is 13.1 Å². The van der Waals surface area contributed by atoms with Crippen molar-refractivity contribution in [3.8, 4) is 5.75 Å². The molecule has 0 aliphatic carbocycles. The number of amides is 3. The second kappa shape index (κ2) is 12.5. The second-order valence-electron chi connectivity index (χ2n) is 12.3. The van der Waals surface area contributed by atoms with Crippen LogP contribution in [0.4, 0.5) is 5.69 Å². The predicted molar refractivity (Wildman–Crippen MR) is 156 cm³/mol. The Kier molecular flexibility index (Phi) is 9.13. The fourth-order valence-electron chi connectivity index (χ4n) is 7.61. The number of hydrogen-bond acceptors (Lipinski definition) is 8. The zero-order valence-electron chi connectivity index (χ0n) is 25.3. The molecule has 3 N–H and O–H groups in total. The minimum atomic E-state index is -1.14. The van der Waals surface area contributed by atoms with Gasteiger partial charge in [-0.25, -0.2) is 0 Å². The number of morpholine rings is 1.